The zero-order valence-corrected chi connectivity index (χ0v) is 22.2. The van der Waals surface area contributed by atoms with Crippen molar-refractivity contribution in [2.24, 2.45) is 0 Å². The number of esters is 1. The SMILES string of the molecule is CCOc1cc(/C=C2\SC(=O)N(Cc3ccccc3Cl)C2=O)ccc1OC(=O)c1ccccc1I. The van der Waals surface area contributed by atoms with E-state index < -0.39 is 11.9 Å². The van der Waals surface area contributed by atoms with Crippen LogP contribution in [-0.2, 0) is 11.3 Å². The number of halogens is 2. The molecule has 0 N–H and O–H groups in total. The molecule has 35 heavy (non-hydrogen) atoms. The number of thioether (sulfide) groups is 1. The first-order valence-corrected chi connectivity index (χ1v) is 12.9. The topological polar surface area (TPSA) is 72.9 Å². The second kappa shape index (κ2) is 11.3. The Balaban J connectivity index is 1.55. The summed E-state index contributed by atoms with van der Waals surface area (Å²) in [5.41, 5.74) is 1.77. The van der Waals surface area contributed by atoms with Crippen LogP contribution in [-0.4, -0.2) is 28.6 Å². The van der Waals surface area contributed by atoms with E-state index in [1.807, 2.05) is 19.1 Å². The highest BCUT2D eigenvalue weighted by Gasteiger charge is 2.35. The normalized spacial score (nSPS) is 14.5. The Labute approximate surface area is 225 Å². The van der Waals surface area contributed by atoms with Crippen molar-refractivity contribution in [1.29, 1.82) is 0 Å². The third-order valence-corrected chi connectivity index (χ3v) is 7.24. The van der Waals surface area contributed by atoms with E-state index >= 15 is 0 Å². The van der Waals surface area contributed by atoms with Gasteiger partial charge in [0.1, 0.15) is 0 Å². The zero-order chi connectivity index (χ0) is 24.9. The number of amides is 2. The second-order valence-electron chi connectivity index (χ2n) is 7.37. The van der Waals surface area contributed by atoms with Gasteiger partial charge >= 0.3 is 5.97 Å². The summed E-state index contributed by atoms with van der Waals surface area (Å²) in [6.07, 6.45) is 1.62. The van der Waals surface area contributed by atoms with Gasteiger partial charge in [-0.2, -0.15) is 0 Å². The third-order valence-electron chi connectivity index (χ3n) is 5.02. The maximum Gasteiger partial charge on any atom is 0.344 e. The van der Waals surface area contributed by atoms with Gasteiger partial charge in [-0.05, 0) is 88.8 Å². The van der Waals surface area contributed by atoms with Crippen LogP contribution in [0.3, 0.4) is 0 Å². The summed E-state index contributed by atoms with van der Waals surface area (Å²) in [7, 11) is 0. The highest BCUT2D eigenvalue weighted by atomic mass is 127. The van der Waals surface area contributed by atoms with E-state index in [-0.39, 0.29) is 22.4 Å². The van der Waals surface area contributed by atoms with Gasteiger partial charge in [-0.25, -0.2) is 4.79 Å². The van der Waals surface area contributed by atoms with Crippen LogP contribution < -0.4 is 9.47 Å². The smallest absolute Gasteiger partial charge is 0.344 e. The average Bonchev–Trinajstić information content (AvgIpc) is 3.09. The van der Waals surface area contributed by atoms with Crippen molar-refractivity contribution in [2.75, 3.05) is 6.61 Å². The van der Waals surface area contributed by atoms with Crippen LogP contribution in [0.2, 0.25) is 5.02 Å². The van der Waals surface area contributed by atoms with Crippen LogP contribution in [0.1, 0.15) is 28.4 Å². The van der Waals surface area contributed by atoms with Gasteiger partial charge in [0.05, 0.1) is 23.6 Å². The first kappa shape index (κ1) is 25.3. The molecule has 178 valence electrons. The molecule has 0 aromatic heterocycles. The van der Waals surface area contributed by atoms with E-state index in [0.717, 1.165) is 15.3 Å². The molecule has 9 heteroatoms. The summed E-state index contributed by atoms with van der Waals surface area (Å²) in [4.78, 5) is 39.5. The second-order valence-corrected chi connectivity index (χ2v) is 9.93. The van der Waals surface area contributed by atoms with E-state index in [2.05, 4.69) is 22.6 Å². The minimum Gasteiger partial charge on any atom is -0.490 e. The van der Waals surface area contributed by atoms with Crippen molar-refractivity contribution in [3.8, 4) is 11.5 Å². The van der Waals surface area contributed by atoms with Crippen LogP contribution in [0.15, 0.2) is 71.6 Å². The lowest BCUT2D eigenvalue weighted by Crippen LogP contribution is -2.27. The molecule has 0 unspecified atom stereocenters. The van der Waals surface area contributed by atoms with Crippen LogP contribution >= 0.6 is 46.0 Å². The molecular formula is C26H19ClINO5S. The fraction of sp³-hybridized carbons (Fsp3) is 0.115. The molecule has 2 amide bonds. The largest absolute Gasteiger partial charge is 0.490 e. The average molecular weight is 620 g/mol. The van der Waals surface area contributed by atoms with Gasteiger partial charge in [0.2, 0.25) is 0 Å². The molecule has 0 saturated carbocycles. The highest BCUT2D eigenvalue weighted by molar-refractivity contribution is 14.1. The molecule has 0 spiro atoms. The quantitative estimate of drug-likeness (QED) is 0.125. The maximum absolute atomic E-state index is 12.9. The Kier molecular flexibility index (Phi) is 8.15. The molecule has 4 rings (SSSR count). The summed E-state index contributed by atoms with van der Waals surface area (Å²) in [6.45, 7) is 2.27. The minimum atomic E-state index is -0.496. The monoisotopic (exact) mass is 619 g/mol. The van der Waals surface area contributed by atoms with Gasteiger partial charge < -0.3 is 9.47 Å². The number of carbonyl (C=O) groups is 3. The standard InChI is InChI=1S/C26H19ClINO5S/c1-2-33-22-13-16(11-12-21(22)34-25(31)18-8-4-6-10-20(18)28)14-23-24(30)29(26(32)35-23)15-17-7-3-5-9-19(17)27/h3-14H,2,15H2,1H3/b23-14-. The van der Waals surface area contributed by atoms with E-state index in [9.17, 15) is 14.4 Å². The van der Waals surface area contributed by atoms with Crippen molar-refractivity contribution < 1.29 is 23.9 Å². The number of ether oxygens (including phenoxy) is 2. The summed E-state index contributed by atoms with van der Waals surface area (Å²) in [6, 6.07) is 19.2. The van der Waals surface area contributed by atoms with Crippen LogP contribution in [0.25, 0.3) is 6.08 Å². The first-order chi connectivity index (χ1) is 16.9. The van der Waals surface area contributed by atoms with E-state index in [1.54, 1.807) is 60.7 Å². The van der Waals surface area contributed by atoms with Crippen LogP contribution in [0.5, 0.6) is 11.5 Å². The number of nitrogens with zero attached hydrogens (tertiary/aromatic N) is 1. The summed E-state index contributed by atoms with van der Waals surface area (Å²) in [5, 5.41) is 0.126. The molecule has 1 aliphatic rings. The molecule has 3 aromatic carbocycles. The van der Waals surface area contributed by atoms with Crippen LogP contribution in [0.4, 0.5) is 4.79 Å². The van der Waals surface area contributed by atoms with Gasteiger partial charge in [0.25, 0.3) is 11.1 Å². The minimum absolute atomic E-state index is 0.0963. The molecule has 6 nitrogen and oxygen atoms in total. The van der Waals surface area contributed by atoms with Gasteiger partial charge in [0.15, 0.2) is 11.5 Å². The van der Waals surface area contributed by atoms with Gasteiger partial charge in [-0.1, -0.05) is 48.0 Å². The number of imide groups is 1. The Hall–Kier alpha value is -2.82. The predicted molar refractivity (Wildman–Crippen MR) is 145 cm³/mol. The van der Waals surface area contributed by atoms with Crippen molar-refractivity contribution in [3.05, 3.63) is 96.9 Å². The van der Waals surface area contributed by atoms with Gasteiger partial charge in [-0.15, -0.1) is 0 Å². The van der Waals surface area contributed by atoms with E-state index in [0.29, 0.717) is 34.1 Å². The molecule has 1 fully saturated rings. The Morgan fingerprint density at radius 2 is 1.80 bits per heavy atom. The van der Waals surface area contributed by atoms with Crippen molar-refractivity contribution in [1.82, 2.24) is 4.90 Å². The molecule has 0 atom stereocenters. The number of benzene rings is 3. The summed E-state index contributed by atoms with van der Waals surface area (Å²) < 4.78 is 12.0. The third kappa shape index (κ3) is 5.88. The van der Waals surface area contributed by atoms with Gasteiger partial charge in [-0.3, -0.25) is 14.5 Å². The number of hydrogen-bond acceptors (Lipinski definition) is 6. The molecule has 3 aromatic rings. The Morgan fingerprint density at radius 1 is 1.06 bits per heavy atom. The highest BCUT2D eigenvalue weighted by Crippen LogP contribution is 2.36. The number of rotatable bonds is 7. The van der Waals surface area contributed by atoms with Crippen molar-refractivity contribution in [3.63, 3.8) is 0 Å². The fourth-order valence-electron chi connectivity index (χ4n) is 3.33. The Morgan fingerprint density at radius 3 is 2.54 bits per heavy atom. The van der Waals surface area contributed by atoms with Gasteiger partial charge in [0, 0.05) is 8.59 Å². The Bertz CT molecular complexity index is 1340. The fourth-order valence-corrected chi connectivity index (χ4v) is 4.97. The number of hydrogen-bond donors (Lipinski definition) is 0. The maximum atomic E-state index is 12.9. The van der Waals surface area contributed by atoms with E-state index in [1.165, 1.54) is 4.90 Å². The molecule has 1 saturated heterocycles. The lowest BCUT2D eigenvalue weighted by Gasteiger charge is -2.13. The zero-order valence-electron chi connectivity index (χ0n) is 18.5. The first-order valence-electron chi connectivity index (χ1n) is 10.6. The lowest BCUT2D eigenvalue weighted by atomic mass is 10.1. The van der Waals surface area contributed by atoms with Crippen molar-refractivity contribution in [2.45, 2.75) is 13.5 Å². The number of carbonyl (C=O) groups excluding carboxylic acids is 3. The molecule has 0 bridgehead atoms. The predicted octanol–water partition coefficient (Wildman–Crippen LogP) is 6.80. The van der Waals surface area contributed by atoms with Crippen LogP contribution in [0, 0.1) is 3.57 Å². The van der Waals surface area contributed by atoms with E-state index in [4.69, 9.17) is 21.1 Å². The molecule has 1 aliphatic heterocycles. The van der Waals surface area contributed by atoms with Crippen molar-refractivity contribution >= 4 is 69.1 Å². The molecule has 0 aliphatic carbocycles. The summed E-state index contributed by atoms with van der Waals surface area (Å²) >= 11 is 9.13. The lowest BCUT2D eigenvalue weighted by molar-refractivity contribution is -0.123. The molecular weight excluding hydrogens is 601 g/mol. The molecule has 1 heterocycles. The summed E-state index contributed by atoms with van der Waals surface area (Å²) in [5.74, 6) is -0.271. The molecule has 0 radical (unpaired) electrons.